The van der Waals surface area contributed by atoms with Crippen LogP contribution in [0.4, 0.5) is 8.78 Å². The Labute approximate surface area is 96.9 Å². The average molecular weight is 245 g/mol. The number of cyclic esters (lactones) is 1. The molecule has 0 aromatic carbocycles. The summed E-state index contributed by atoms with van der Waals surface area (Å²) in [6.07, 6.45) is -1.33. The van der Waals surface area contributed by atoms with Gasteiger partial charge < -0.3 is 14.5 Å². The number of hydrogen-bond acceptors (Lipinski definition) is 4. The molecule has 0 saturated carbocycles. The maximum absolute atomic E-state index is 12.8. The largest absolute Gasteiger partial charge is 0.465 e. The summed E-state index contributed by atoms with van der Waals surface area (Å²) < 4.78 is 35.5. The predicted octanol–water partition coefficient (Wildman–Crippen LogP) is 1.63. The van der Waals surface area contributed by atoms with E-state index in [0.717, 1.165) is 11.5 Å². The predicted molar refractivity (Wildman–Crippen MR) is 54.6 cm³/mol. The minimum atomic E-state index is -3.34. The van der Waals surface area contributed by atoms with Gasteiger partial charge in [0, 0.05) is 6.54 Å². The molecule has 0 amide bonds. The van der Waals surface area contributed by atoms with Crippen LogP contribution in [0.25, 0.3) is 0 Å². The topological polar surface area (TPSA) is 51.5 Å². The van der Waals surface area contributed by atoms with E-state index < -0.39 is 24.4 Å². The van der Waals surface area contributed by atoms with E-state index in [2.05, 4.69) is 10.1 Å². The fraction of sp³-hybridized carbons (Fsp3) is 0.545. The molecule has 17 heavy (non-hydrogen) atoms. The third-order valence-corrected chi connectivity index (χ3v) is 2.52. The third-order valence-electron chi connectivity index (χ3n) is 2.52. The van der Waals surface area contributed by atoms with E-state index in [1.54, 1.807) is 6.07 Å². The molecule has 1 aliphatic rings. The van der Waals surface area contributed by atoms with Crippen LogP contribution in [-0.4, -0.2) is 24.5 Å². The van der Waals surface area contributed by atoms with Gasteiger partial charge in [-0.15, -0.1) is 0 Å². The van der Waals surface area contributed by atoms with Gasteiger partial charge in [0.1, 0.15) is 17.6 Å². The Kier molecular flexibility index (Phi) is 3.15. The van der Waals surface area contributed by atoms with Crippen molar-refractivity contribution < 1.29 is 22.7 Å². The fourth-order valence-electron chi connectivity index (χ4n) is 1.70. The number of esters is 1. The number of furan rings is 1. The Morgan fingerprint density at radius 1 is 1.53 bits per heavy atom. The lowest BCUT2D eigenvalue weighted by Crippen LogP contribution is -2.26. The molecule has 0 aliphatic carbocycles. The second-order valence-electron chi connectivity index (χ2n) is 4.08. The second-order valence-corrected chi connectivity index (χ2v) is 4.08. The molecule has 0 bridgehead atoms. The molecule has 0 radical (unpaired) electrons. The number of aryl methyl sites for hydroxylation is 1. The van der Waals surface area contributed by atoms with Crippen LogP contribution in [0.15, 0.2) is 16.5 Å². The Balaban J connectivity index is 1.75. The molecule has 2 heterocycles. The first-order valence-corrected chi connectivity index (χ1v) is 5.32. The lowest BCUT2D eigenvalue weighted by Gasteiger charge is -2.08. The average Bonchev–Trinajstić information content (AvgIpc) is 2.73. The molecule has 1 fully saturated rings. The first kappa shape index (κ1) is 12.0. The minimum Gasteiger partial charge on any atom is -0.465 e. The summed E-state index contributed by atoms with van der Waals surface area (Å²) in [5.41, 5.74) is 0. The third kappa shape index (κ3) is 2.82. The van der Waals surface area contributed by atoms with Gasteiger partial charge in [-0.1, -0.05) is 0 Å². The summed E-state index contributed by atoms with van der Waals surface area (Å²) in [5, 5.41) is 2.91. The maximum atomic E-state index is 12.8. The Morgan fingerprint density at radius 2 is 2.29 bits per heavy atom. The molecule has 0 spiro atoms. The van der Waals surface area contributed by atoms with E-state index in [0.29, 0.717) is 6.54 Å². The van der Waals surface area contributed by atoms with Crippen LogP contribution in [0.2, 0.25) is 0 Å². The van der Waals surface area contributed by atoms with E-state index >= 15 is 0 Å². The summed E-state index contributed by atoms with van der Waals surface area (Å²) >= 11 is 0. The number of rotatable bonds is 4. The van der Waals surface area contributed by atoms with Gasteiger partial charge in [0.15, 0.2) is 0 Å². The first-order valence-electron chi connectivity index (χ1n) is 5.32. The quantitative estimate of drug-likeness (QED) is 0.819. The summed E-state index contributed by atoms with van der Waals surface area (Å²) in [6, 6.07) is 3.62. The van der Waals surface area contributed by atoms with Crippen LogP contribution in [0, 0.1) is 6.92 Å². The van der Waals surface area contributed by atoms with Crippen molar-refractivity contribution in [2.75, 3.05) is 6.54 Å². The molecule has 1 atom stereocenters. The molecule has 94 valence electrons. The van der Waals surface area contributed by atoms with Crippen molar-refractivity contribution in [1.29, 1.82) is 0 Å². The number of halogens is 2. The molecule has 4 nitrogen and oxygen atoms in total. The van der Waals surface area contributed by atoms with Crippen molar-refractivity contribution in [1.82, 2.24) is 5.32 Å². The van der Waals surface area contributed by atoms with E-state index in [4.69, 9.17) is 4.42 Å². The van der Waals surface area contributed by atoms with Gasteiger partial charge in [-0.05, 0) is 19.1 Å². The molecule has 1 aliphatic heterocycles. The van der Waals surface area contributed by atoms with Crippen LogP contribution in [0.1, 0.15) is 17.9 Å². The summed E-state index contributed by atoms with van der Waals surface area (Å²) in [6.45, 7) is 2.44. The smallest absolute Gasteiger partial charge is 0.377 e. The van der Waals surface area contributed by atoms with Gasteiger partial charge in [-0.25, -0.2) is 4.79 Å². The van der Waals surface area contributed by atoms with Crippen molar-refractivity contribution >= 4 is 5.97 Å². The van der Waals surface area contributed by atoms with E-state index in [9.17, 15) is 13.6 Å². The molecule has 1 aromatic rings. The monoisotopic (exact) mass is 245 g/mol. The lowest BCUT2D eigenvalue weighted by molar-refractivity contribution is -0.159. The van der Waals surface area contributed by atoms with Crippen molar-refractivity contribution in [3.8, 4) is 0 Å². The van der Waals surface area contributed by atoms with Crippen molar-refractivity contribution in [2.45, 2.75) is 31.9 Å². The highest BCUT2D eigenvalue weighted by Gasteiger charge is 2.50. The van der Waals surface area contributed by atoms with E-state index in [1.807, 2.05) is 13.0 Å². The van der Waals surface area contributed by atoms with Crippen molar-refractivity contribution in [3.05, 3.63) is 23.7 Å². The number of carbonyl (C=O) groups excluding carboxylic acids is 1. The number of ether oxygens (including phenoxy) is 1. The van der Waals surface area contributed by atoms with Crippen LogP contribution in [0.5, 0.6) is 0 Å². The second kappa shape index (κ2) is 4.44. The minimum absolute atomic E-state index is 0.196. The fourth-order valence-corrected chi connectivity index (χ4v) is 1.70. The molecule has 2 rings (SSSR count). The van der Waals surface area contributed by atoms with E-state index in [-0.39, 0.29) is 6.54 Å². The highest BCUT2D eigenvalue weighted by atomic mass is 19.3. The zero-order valence-electron chi connectivity index (χ0n) is 9.33. The summed E-state index contributed by atoms with van der Waals surface area (Å²) in [7, 11) is 0. The lowest BCUT2D eigenvalue weighted by atomic mass is 10.2. The highest BCUT2D eigenvalue weighted by molar-refractivity contribution is 5.79. The Bertz CT molecular complexity index is 417. The molecule has 1 saturated heterocycles. The van der Waals surface area contributed by atoms with Crippen LogP contribution < -0.4 is 5.32 Å². The summed E-state index contributed by atoms with van der Waals surface area (Å²) in [4.78, 5) is 10.7. The SMILES string of the molecule is Cc1ccc(CNCC2CC(F)(F)C(=O)O2)o1. The van der Waals surface area contributed by atoms with Gasteiger partial charge in [-0.2, -0.15) is 8.78 Å². The molecular weight excluding hydrogens is 232 g/mol. The molecule has 1 N–H and O–H groups in total. The standard InChI is InChI=1S/C11H13F2NO3/c1-7-2-3-8(16-7)5-14-6-9-4-11(12,13)10(15)17-9/h2-3,9,14H,4-6H2,1H3. The van der Waals surface area contributed by atoms with Gasteiger partial charge in [0.2, 0.25) is 0 Å². The van der Waals surface area contributed by atoms with Gasteiger partial charge in [-0.3, -0.25) is 0 Å². The Morgan fingerprint density at radius 3 is 2.82 bits per heavy atom. The number of carbonyl (C=O) groups is 1. The molecular formula is C11H13F2NO3. The van der Waals surface area contributed by atoms with E-state index in [1.165, 1.54) is 0 Å². The van der Waals surface area contributed by atoms with Crippen molar-refractivity contribution in [2.24, 2.45) is 0 Å². The molecule has 1 unspecified atom stereocenters. The Hall–Kier alpha value is -1.43. The van der Waals surface area contributed by atoms with Crippen LogP contribution >= 0.6 is 0 Å². The number of alkyl halides is 2. The summed E-state index contributed by atoms with van der Waals surface area (Å²) in [5.74, 6) is -3.26. The normalized spacial score (nSPS) is 22.8. The maximum Gasteiger partial charge on any atom is 0.377 e. The number of nitrogens with one attached hydrogen (secondary N) is 1. The van der Waals surface area contributed by atoms with Crippen molar-refractivity contribution in [3.63, 3.8) is 0 Å². The molecule has 1 aromatic heterocycles. The zero-order chi connectivity index (χ0) is 12.5. The van der Waals surface area contributed by atoms with Gasteiger partial charge in [0.05, 0.1) is 13.0 Å². The van der Waals surface area contributed by atoms with Crippen LogP contribution in [-0.2, 0) is 16.1 Å². The van der Waals surface area contributed by atoms with Gasteiger partial charge in [0.25, 0.3) is 0 Å². The molecule has 6 heteroatoms. The van der Waals surface area contributed by atoms with Crippen LogP contribution in [0.3, 0.4) is 0 Å². The number of hydrogen-bond donors (Lipinski definition) is 1. The first-order chi connectivity index (χ1) is 7.97. The van der Waals surface area contributed by atoms with Gasteiger partial charge >= 0.3 is 11.9 Å². The highest BCUT2D eigenvalue weighted by Crippen LogP contribution is 2.30. The zero-order valence-corrected chi connectivity index (χ0v) is 9.33.